The van der Waals surface area contributed by atoms with E-state index in [9.17, 15) is 4.79 Å². The van der Waals surface area contributed by atoms with Crippen molar-refractivity contribution in [3.63, 3.8) is 0 Å². The molecule has 2 aromatic heterocycles. The molecule has 2 N–H and O–H groups in total. The zero-order valence-electron chi connectivity index (χ0n) is 14.4. The minimum absolute atomic E-state index is 0.217. The average molecular weight is 347 g/mol. The van der Waals surface area contributed by atoms with Crippen LogP contribution >= 0.6 is 0 Å². The number of hydrogen-bond donors (Lipinski definition) is 2. The van der Waals surface area contributed by atoms with E-state index in [1.165, 1.54) is 0 Å². The molecule has 0 atom stereocenters. The second kappa shape index (κ2) is 6.44. The summed E-state index contributed by atoms with van der Waals surface area (Å²) in [5.74, 6) is 1.33. The number of hydrogen-bond acceptors (Lipinski definition) is 6. The third kappa shape index (κ3) is 2.83. The van der Waals surface area contributed by atoms with Crippen molar-refractivity contribution in [3.05, 3.63) is 58.5 Å². The van der Waals surface area contributed by atoms with Gasteiger partial charge in [-0.15, -0.1) is 0 Å². The fourth-order valence-electron chi connectivity index (χ4n) is 2.86. The number of anilines is 2. The number of fused-ring (bicyclic) bond motifs is 2. The predicted octanol–water partition coefficient (Wildman–Crippen LogP) is 3.32. The van der Waals surface area contributed by atoms with Gasteiger partial charge in [-0.25, -0.2) is 15.0 Å². The Labute approximate surface area is 149 Å². The van der Waals surface area contributed by atoms with Gasteiger partial charge in [0.2, 0.25) is 11.9 Å². The Bertz CT molecular complexity index is 1170. The summed E-state index contributed by atoms with van der Waals surface area (Å²) in [5.41, 5.74) is 1.91. The first-order chi connectivity index (χ1) is 12.7. The van der Waals surface area contributed by atoms with E-state index in [0.717, 1.165) is 11.1 Å². The van der Waals surface area contributed by atoms with E-state index in [-0.39, 0.29) is 5.56 Å². The van der Waals surface area contributed by atoms with Crippen LogP contribution in [-0.4, -0.2) is 26.5 Å². The van der Waals surface area contributed by atoms with Crippen LogP contribution in [0.3, 0.4) is 0 Å². The summed E-state index contributed by atoms with van der Waals surface area (Å²) >= 11 is 0. The van der Waals surface area contributed by atoms with Crippen LogP contribution in [0.1, 0.15) is 12.6 Å². The topological polar surface area (TPSA) is 92.8 Å². The normalized spacial score (nSPS) is 11.0. The van der Waals surface area contributed by atoms with E-state index in [4.69, 9.17) is 4.74 Å². The standard InChI is InChI=1S/C19H17N5O2/c1-3-26-15-10-6-8-12-11(2)20-18(22-16(12)15)24-19-21-14-9-5-4-7-13(14)17(25)23-19/h4-10H,3H2,1-2H3,(H2,20,21,22,23,24,25). The van der Waals surface area contributed by atoms with Gasteiger partial charge in [-0.2, -0.15) is 0 Å². The number of benzene rings is 2. The Morgan fingerprint density at radius 1 is 1.04 bits per heavy atom. The maximum Gasteiger partial charge on any atom is 0.260 e. The minimum Gasteiger partial charge on any atom is -0.492 e. The zero-order valence-corrected chi connectivity index (χ0v) is 14.4. The lowest BCUT2D eigenvalue weighted by atomic mass is 10.2. The summed E-state index contributed by atoms with van der Waals surface area (Å²) in [7, 11) is 0. The largest absolute Gasteiger partial charge is 0.492 e. The molecule has 26 heavy (non-hydrogen) atoms. The van der Waals surface area contributed by atoms with Crippen molar-refractivity contribution in [1.82, 2.24) is 19.9 Å². The van der Waals surface area contributed by atoms with Crippen molar-refractivity contribution < 1.29 is 4.74 Å². The van der Waals surface area contributed by atoms with Gasteiger partial charge in [0, 0.05) is 5.39 Å². The number of aromatic amines is 1. The molecule has 0 fully saturated rings. The molecule has 7 heteroatoms. The van der Waals surface area contributed by atoms with Crippen LogP contribution in [0, 0.1) is 6.92 Å². The predicted molar refractivity (Wildman–Crippen MR) is 101 cm³/mol. The lowest BCUT2D eigenvalue weighted by Gasteiger charge is -2.11. The van der Waals surface area contributed by atoms with E-state index in [1.807, 2.05) is 38.1 Å². The highest BCUT2D eigenvalue weighted by molar-refractivity contribution is 5.87. The molecule has 0 bridgehead atoms. The van der Waals surface area contributed by atoms with Gasteiger partial charge in [0.05, 0.1) is 23.2 Å². The van der Waals surface area contributed by atoms with Crippen molar-refractivity contribution in [2.45, 2.75) is 13.8 Å². The molecular weight excluding hydrogens is 330 g/mol. The second-order valence-corrected chi connectivity index (χ2v) is 5.77. The van der Waals surface area contributed by atoms with E-state index in [1.54, 1.807) is 18.2 Å². The first-order valence-electron chi connectivity index (χ1n) is 8.32. The van der Waals surface area contributed by atoms with Crippen LogP contribution in [0.2, 0.25) is 0 Å². The molecule has 0 aliphatic heterocycles. The first-order valence-corrected chi connectivity index (χ1v) is 8.32. The number of rotatable bonds is 4. The Kier molecular flexibility index (Phi) is 3.96. The van der Waals surface area contributed by atoms with Gasteiger partial charge >= 0.3 is 0 Å². The molecule has 4 rings (SSSR count). The molecule has 0 unspecified atom stereocenters. The fraction of sp³-hybridized carbons (Fsp3) is 0.158. The fourth-order valence-corrected chi connectivity index (χ4v) is 2.86. The SMILES string of the molecule is CCOc1cccc2c(C)nc(Nc3nc4ccccc4c(=O)[nH]3)nc12. The molecule has 0 spiro atoms. The average Bonchev–Trinajstić information content (AvgIpc) is 2.63. The van der Waals surface area contributed by atoms with Gasteiger partial charge < -0.3 is 4.74 Å². The number of aromatic nitrogens is 4. The Morgan fingerprint density at radius 3 is 2.69 bits per heavy atom. The highest BCUT2D eigenvalue weighted by atomic mass is 16.5. The van der Waals surface area contributed by atoms with Gasteiger partial charge in [0.15, 0.2) is 0 Å². The van der Waals surface area contributed by atoms with Crippen molar-refractivity contribution in [1.29, 1.82) is 0 Å². The van der Waals surface area contributed by atoms with Crippen LogP contribution in [0.25, 0.3) is 21.8 Å². The smallest absolute Gasteiger partial charge is 0.260 e. The molecule has 0 amide bonds. The summed E-state index contributed by atoms with van der Waals surface area (Å²) in [6.45, 7) is 4.38. The zero-order chi connectivity index (χ0) is 18.1. The third-order valence-corrected chi connectivity index (χ3v) is 4.02. The molecular formula is C19H17N5O2. The van der Waals surface area contributed by atoms with Crippen LogP contribution in [0.5, 0.6) is 5.75 Å². The van der Waals surface area contributed by atoms with Gasteiger partial charge in [-0.1, -0.05) is 24.3 Å². The molecule has 0 saturated carbocycles. The van der Waals surface area contributed by atoms with Crippen molar-refractivity contribution in [3.8, 4) is 5.75 Å². The van der Waals surface area contributed by atoms with Crippen molar-refractivity contribution in [2.24, 2.45) is 0 Å². The number of aryl methyl sites for hydroxylation is 1. The van der Waals surface area contributed by atoms with Crippen molar-refractivity contribution >= 4 is 33.7 Å². The maximum atomic E-state index is 12.2. The highest BCUT2D eigenvalue weighted by Gasteiger charge is 2.11. The third-order valence-electron chi connectivity index (χ3n) is 4.02. The molecule has 0 aliphatic carbocycles. The van der Waals surface area contributed by atoms with Crippen LogP contribution in [0.15, 0.2) is 47.3 Å². The maximum absolute atomic E-state index is 12.2. The number of ether oxygens (including phenoxy) is 1. The van der Waals surface area contributed by atoms with E-state index < -0.39 is 0 Å². The minimum atomic E-state index is -0.217. The molecule has 7 nitrogen and oxygen atoms in total. The van der Waals surface area contributed by atoms with E-state index >= 15 is 0 Å². The van der Waals surface area contributed by atoms with Crippen molar-refractivity contribution in [2.75, 3.05) is 11.9 Å². The summed E-state index contributed by atoms with van der Waals surface area (Å²) < 4.78 is 5.66. The molecule has 4 aromatic rings. The molecule has 0 aliphatic rings. The lowest BCUT2D eigenvalue weighted by Crippen LogP contribution is -2.12. The van der Waals surface area contributed by atoms with Crippen LogP contribution in [0.4, 0.5) is 11.9 Å². The number of H-pyrrole nitrogens is 1. The van der Waals surface area contributed by atoms with E-state index in [0.29, 0.717) is 40.7 Å². The summed E-state index contributed by atoms with van der Waals surface area (Å²) in [5, 5.41) is 4.45. The Morgan fingerprint density at radius 2 is 1.85 bits per heavy atom. The molecule has 130 valence electrons. The van der Waals surface area contributed by atoms with Gasteiger partial charge in [0.25, 0.3) is 5.56 Å². The first kappa shape index (κ1) is 16.0. The monoisotopic (exact) mass is 347 g/mol. The summed E-state index contributed by atoms with van der Waals surface area (Å²) in [4.78, 5) is 28.4. The molecule has 0 radical (unpaired) electrons. The van der Waals surface area contributed by atoms with Crippen LogP contribution in [-0.2, 0) is 0 Å². The van der Waals surface area contributed by atoms with Gasteiger partial charge in [-0.3, -0.25) is 15.1 Å². The highest BCUT2D eigenvalue weighted by Crippen LogP contribution is 2.27. The quantitative estimate of drug-likeness (QED) is 0.588. The molecule has 2 heterocycles. The second-order valence-electron chi connectivity index (χ2n) is 5.77. The Hall–Kier alpha value is -3.48. The number of para-hydroxylation sites is 2. The van der Waals surface area contributed by atoms with Gasteiger partial charge in [0.1, 0.15) is 11.3 Å². The van der Waals surface area contributed by atoms with Crippen LogP contribution < -0.4 is 15.6 Å². The number of nitrogens with zero attached hydrogens (tertiary/aromatic N) is 3. The van der Waals surface area contributed by atoms with Gasteiger partial charge in [-0.05, 0) is 32.0 Å². The molecule has 0 saturated heterocycles. The summed E-state index contributed by atoms with van der Waals surface area (Å²) in [6.07, 6.45) is 0. The lowest BCUT2D eigenvalue weighted by molar-refractivity contribution is 0.343. The van der Waals surface area contributed by atoms with E-state index in [2.05, 4.69) is 25.3 Å². The Balaban J connectivity index is 1.80. The molecule has 2 aromatic carbocycles. The summed E-state index contributed by atoms with van der Waals surface area (Å²) in [6, 6.07) is 12.9. The number of nitrogens with one attached hydrogen (secondary N) is 2.